The molecule has 2 aromatic rings. The molecule has 10 heteroatoms. The van der Waals surface area contributed by atoms with Crippen LogP contribution in [0.4, 0.5) is 0 Å². The molecule has 9 nitrogen and oxygen atoms in total. The first-order chi connectivity index (χ1) is 14.1. The number of benzene rings is 1. The van der Waals surface area contributed by atoms with Crippen molar-refractivity contribution in [3.05, 3.63) is 30.0 Å². The Labute approximate surface area is 174 Å². The third kappa shape index (κ3) is 5.38. The van der Waals surface area contributed by atoms with Crippen molar-refractivity contribution in [2.24, 2.45) is 0 Å². The minimum Gasteiger partial charge on any atom is -0.394 e. The Bertz CT molecular complexity index is 1150. The van der Waals surface area contributed by atoms with Gasteiger partial charge in [0, 0.05) is 30.2 Å². The summed E-state index contributed by atoms with van der Waals surface area (Å²) >= 11 is 0. The van der Waals surface area contributed by atoms with E-state index in [1.165, 1.54) is 12.4 Å². The van der Waals surface area contributed by atoms with Crippen LogP contribution in [-0.4, -0.2) is 63.2 Å². The first kappa shape index (κ1) is 23.4. The van der Waals surface area contributed by atoms with E-state index >= 15 is 0 Å². The zero-order valence-corrected chi connectivity index (χ0v) is 17.4. The van der Waals surface area contributed by atoms with Gasteiger partial charge in [0.05, 0.1) is 24.4 Å². The van der Waals surface area contributed by atoms with E-state index in [9.17, 15) is 18.3 Å². The zero-order chi connectivity index (χ0) is 22.4. The van der Waals surface area contributed by atoms with E-state index in [4.69, 9.17) is 10.3 Å². The Morgan fingerprint density at radius 1 is 1.37 bits per heavy atom. The molecule has 160 valence electrons. The number of carbonyl (C=O) groups is 1. The van der Waals surface area contributed by atoms with Gasteiger partial charge in [0.2, 0.25) is 0 Å². The standard InChI is InChI=1S/C20H23N3O6S/c1-20(19(26)22-27,30(2,28)29)10-11-23-18-9-8-15(12-16(18)13-21-23)6-4-3-5-7-17(25)14-24/h8-9,12-13,17,24-25,27H,7,10-11,14H2,1-2H3,(H,22,26). The Morgan fingerprint density at radius 3 is 2.73 bits per heavy atom. The van der Waals surface area contributed by atoms with Crippen molar-refractivity contribution >= 4 is 26.6 Å². The van der Waals surface area contributed by atoms with E-state index in [2.05, 4.69) is 28.8 Å². The van der Waals surface area contributed by atoms with E-state index in [0.717, 1.165) is 17.2 Å². The van der Waals surface area contributed by atoms with Gasteiger partial charge >= 0.3 is 0 Å². The van der Waals surface area contributed by atoms with Crippen LogP contribution in [0.15, 0.2) is 24.4 Å². The van der Waals surface area contributed by atoms with Gasteiger partial charge in [-0.3, -0.25) is 14.7 Å². The fraction of sp³-hybridized carbons (Fsp3) is 0.400. The van der Waals surface area contributed by atoms with Crippen LogP contribution in [0.25, 0.3) is 10.9 Å². The van der Waals surface area contributed by atoms with E-state index < -0.39 is 26.6 Å². The number of aryl methyl sites for hydroxylation is 1. The lowest BCUT2D eigenvalue weighted by molar-refractivity contribution is -0.131. The molecular weight excluding hydrogens is 410 g/mol. The van der Waals surface area contributed by atoms with Gasteiger partial charge in [0.25, 0.3) is 5.91 Å². The number of aliphatic hydroxyl groups is 2. The van der Waals surface area contributed by atoms with E-state index in [0.29, 0.717) is 5.56 Å². The summed E-state index contributed by atoms with van der Waals surface area (Å²) in [6.07, 6.45) is 1.73. The first-order valence-corrected chi connectivity index (χ1v) is 10.9. The highest BCUT2D eigenvalue weighted by molar-refractivity contribution is 7.92. The van der Waals surface area contributed by atoms with Crippen molar-refractivity contribution < 1.29 is 28.6 Å². The number of nitrogens with zero attached hydrogens (tertiary/aromatic N) is 2. The Kier molecular flexibility index (Phi) is 7.59. The molecule has 4 N–H and O–H groups in total. The van der Waals surface area contributed by atoms with Crippen LogP contribution < -0.4 is 5.48 Å². The van der Waals surface area contributed by atoms with E-state index in [1.54, 1.807) is 29.1 Å². The largest absolute Gasteiger partial charge is 0.394 e. The van der Waals surface area contributed by atoms with Crippen molar-refractivity contribution in [3.8, 4) is 23.7 Å². The molecule has 0 radical (unpaired) electrons. The van der Waals surface area contributed by atoms with E-state index in [-0.39, 0.29) is 26.0 Å². The first-order valence-electron chi connectivity index (χ1n) is 9.00. The van der Waals surface area contributed by atoms with Crippen LogP contribution in [0.1, 0.15) is 25.3 Å². The van der Waals surface area contributed by atoms with Crippen LogP contribution >= 0.6 is 0 Å². The van der Waals surface area contributed by atoms with Crippen LogP contribution in [0, 0.1) is 23.7 Å². The van der Waals surface area contributed by atoms with Gasteiger partial charge in [-0.15, -0.1) is 0 Å². The lowest BCUT2D eigenvalue weighted by Crippen LogP contribution is -2.49. The van der Waals surface area contributed by atoms with Crippen molar-refractivity contribution in [1.82, 2.24) is 15.3 Å². The number of amides is 1. The van der Waals surface area contributed by atoms with Crippen molar-refractivity contribution in [1.29, 1.82) is 0 Å². The zero-order valence-electron chi connectivity index (χ0n) is 16.6. The third-order valence-corrected chi connectivity index (χ3v) is 6.78. The maximum absolute atomic E-state index is 12.1. The molecule has 1 aromatic carbocycles. The van der Waals surface area contributed by atoms with Crippen molar-refractivity contribution in [3.63, 3.8) is 0 Å². The fourth-order valence-corrected chi connectivity index (χ4v) is 3.47. The number of fused-ring (bicyclic) bond motifs is 1. The average Bonchev–Trinajstić information content (AvgIpc) is 3.12. The maximum Gasteiger partial charge on any atom is 0.264 e. The third-order valence-electron chi connectivity index (χ3n) is 4.75. The highest BCUT2D eigenvalue weighted by Crippen LogP contribution is 2.24. The average molecular weight is 433 g/mol. The highest BCUT2D eigenvalue weighted by Gasteiger charge is 2.43. The Balaban J connectivity index is 2.18. The minimum absolute atomic E-state index is 0.0775. The quantitative estimate of drug-likeness (QED) is 0.270. The molecule has 0 saturated heterocycles. The summed E-state index contributed by atoms with van der Waals surface area (Å²) in [5.74, 6) is 9.80. The minimum atomic E-state index is -3.79. The SMILES string of the molecule is CC(CCn1ncc2cc(C#CC#CCC(O)CO)ccc21)(C(=O)NO)S(C)(=O)=O. The molecule has 0 saturated carbocycles. The normalized spacial score (nSPS) is 14.0. The number of sulfone groups is 1. The number of hydroxylamine groups is 1. The number of rotatable bonds is 7. The second kappa shape index (κ2) is 9.74. The lowest BCUT2D eigenvalue weighted by Gasteiger charge is -2.25. The molecule has 0 aliphatic heterocycles. The van der Waals surface area contributed by atoms with Gasteiger partial charge in [0.15, 0.2) is 14.6 Å². The molecule has 1 aromatic heterocycles. The van der Waals surface area contributed by atoms with Gasteiger partial charge in [-0.25, -0.2) is 13.9 Å². The predicted octanol–water partition coefficient (Wildman–Crippen LogP) is -0.167. The van der Waals surface area contributed by atoms with Crippen molar-refractivity contribution in [2.45, 2.75) is 37.2 Å². The predicted molar refractivity (Wildman–Crippen MR) is 110 cm³/mol. The van der Waals surface area contributed by atoms with Crippen LogP contribution in [-0.2, 0) is 21.2 Å². The lowest BCUT2D eigenvalue weighted by atomic mass is 10.1. The summed E-state index contributed by atoms with van der Waals surface area (Å²) in [6.45, 7) is 1.05. The molecule has 2 unspecified atom stereocenters. The number of hydrogen-bond donors (Lipinski definition) is 4. The number of nitrogens with one attached hydrogen (secondary N) is 1. The second-order valence-electron chi connectivity index (χ2n) is 6.93. The van der Waals surface area contributed by atoms with E-state index in [1.807, 2.05) is 0 Å². The van der Waals surface area contributed by atoms with Gasteiger partial charge in [0.1, 0.15) is 0 Å². The molecule has 30 heavy (non-hydrogen) atoms. The van der Waals surface area contributed by atoms with Gasteiger partial charge in [-0.1, -0.05) is 11.8 Å². The molecule has 0 aliphatic rings. The molecule has 0 fully saturated rings. The molecule has 2 atom stereocenters. The van der Waals surface area contributed by atoms with Crippen LogP contribution in [0.5, 0.6) is 0 Å². The smallest absolute Gasteiger partial charge is 0.264 e. The molecule has 2 rings (SSSR count). The monoisotopic (exact) mass is 433 g/mol. The summed E-state index contributed by atoms with van der Waals surface area (Å²) in [6, 6.07) is 5.33. The molecule has 0 spiro atoms. The summed E-state index contributed by atoms with van der Waals surface area (Å²) < 4.78 is 23.9. The summed E-state index contributed by atoms with van der Waals surface area (Å²) in [5, 5.41) is 31.8. The fourth-order valence-electron chi connectivity index (χ4n) is 2.63. The number of carbonyl (C=O) groups excluding carboxylic acids is 1. The molecule has 1 heterocycles. The highest BCUT2D eigenvalue weighted by atomic mass is 32.2. The summed E-state index contributed by atoms with van der Waals surface area (Å²) in [4.78, 5) is 11.9. The molecule has 0 aliphatic carbocycles. The van der Waals surface area contributed by atoms with Gasteiger partial charge < -0.3 is 10.2 Å². The molecule has 0 bridgehead atoms. The topological polar surface area (TPSA) is 142 Å². The number of aromatic nitrogens is 2. The molecule has 1 amide bonds. The number of aliphatic hydroxyl groups excluding tert-OH is 2. The Morgan fingerprint density at radius 2 is 2.10 bits per heavy atom. The Hall–Kier alpha value is -2.89. The van der Waals surface area contributed by atoms with Gasteiger partial charge in [-0.05, 0) is 43.4 Å². The van der Waals surface area contributed by atoms with Crippen LogP contribution in [0.2, 0.25) is 0 Å². The second-order valence-corrected chi connectivity index (χ2v) is 9.37. The van der Waals surface area contributed by atoms with Crippen LogP contribution in [0.3, 0.4) is 0 Å². The summed E-state index contributed by atoms with van der Waals surface area (Å²) in [5.41, 5.74) is 2.85. The number of hydrogen-bond acceptors (Lipinski definition) is 7. The maximum atomic E-state index is 12.1. The van der Waals surface area contributed by atoms with Crippen molar-refractivity contribution in [2.75, 3.05) is 12.9 Å². The summed E-state index contributed by atoms with van der Waals surface area (Å²) in [7, 11) is -3.79. The van der Waals surface area contributed by atoms with Gasteiger partial charge in [-0.2, -0.15) is 5.10 Å². The molecular formula is C20H23N3O6S.